The Labute approximate surface area is 118 Å². The molecular weight excluding hydrogens is 258 g/mol. The fourth-order valence-corrected chi connectivity index (χ4v) is 2.09. The SMILES string of the molecule is CC(CO)NC(=O)CCCc1ccc2c(c1)OCCO2. The predicted molar refractivity (Wildman–Crippen MR) is 75.1 cm³/mol. The van der Waals surface area contributed by atoms with Crippen LogP contribution >= 0.6 is 0 Å². The summed E-state index contributed by atoms with van der Waals surface area (Å²) in [6.07, 6.45) is 2.04. The first-order valence-electron chi connectivity index (χ1n) is 6.98. The van der Waals surface area contributed by atoms with Crippen LogP contribution < -0.4 is 14.8 Å². The number of aliphatic hydroxyl groups excluding tert-OH is 1. The third kappa shape index (κ3) is 4.13. The van der Waals surface area contributed by atoms with Crippen molar-refractivity contribution in [3.8, 4) is 11.5 Å². The minimum Gasteiger partial charge on any atom is -0.486 e. The zero-order valence-corrected chi connectivity index (χ0v) is 11.7. The number of carbonyl (C=O) groups is 1. The highest BCUT2D eigenvalue weighted by molar-refractivity contribution is 5.76. The largest absolute Gasteiger partial charge is 0.486 e. The summed E-state index contributed by atoms with van der Waals surface area (Å²) in [5, 5.41) is 11.6. The minimum absolute atomic E-state index is 0.0240. The van der Waals surface area contributed by atoms with Gasteiger partial charge in [0.2, 0.25) is 5.91 Å². The summed E-state index contributed by atoms with van der Waals surface area (Å²) in [6, 6.07) is 5.71. The molecule has 0 saturated heterocycles. The molecule has 1 amide bonds. The molecule has 5 heteroatoms. The van der Waals surface area contributed by atoms with Crippen LogP contribution in [0.25, 0.3) is 0 Å². The van der Waals surface area contributed by atoms with E-state index in [4.69, 9.17) is 14.6 Å². The van der Waals surface area contributed by atoms with E-state index < -0.39 is 0 Å². The number of hydrogen-bond donors (Lipinski definition) is 2. The van der Waals surface area contributed by atoms with Crippen LogP contribution in [-0.2, 0) is 11.2 Å². The molecule has 0 fully saturated rings. The molecule has 0 saturated carbocycles. The molecule has 2 rings (SSSR count). The third-order valence-corrected chi connectivity index (χ3v) is 3.16. The van der Waals surface area contributed by atoms with Gasteiger partial charge in [0.05, 0.1) is 6.61 Å². The van der Waals surface area contributed by atoms with Crippen molar-refractivity contribution < 1.29 is 19.4 Å². The monoisotopic (exact) mass is 279 g/mol. The number of amides is 1. The maximum absolute atomic E-state index is 11.6. The van der Waals surface area contributed by atoms with Gasteiger partial charge in [0, 0.05) is 12.5 Å². The average Bonchev–Trinajstić information content (AvgIpc) is 2.47. The Kier molecular flexibility index (Phi) is 5.24. The molecule has 5 nitrogen and oxygen atoms in total. The number of rotatable bonds is 6. The Morgan fingerprint density at radius 3 is 2.85 bits per heavy atom. The van der Waals surface area contributed by atoms with Crippen molar-refractivity contribution in [3.05, 3.63) is 23.8 Å². The smallest absolute Gasteiger partial charge is 0.220 e. The molecule has 1 aliphatic rings. The maximum atomic E-state index is 11.6. The molecule has 2 N–H and O–H groups in total. The summed E-state index contributed by atoms with van der Waals surface area (Å²) in [4.78, 5) is 11.6. The average molecular weight is 279 g/mol. The number of aliphatic hydroxyl groups is 1. The summed E-state index contributed by atoms with van der Waals surface area (Å²) in [5.74, 6) is 1.55. The number of hydrogen-bond acceptors (Lipinski definition) is 4. The van der Waals surface area contributed by atoms with Crippen molar-refractivity contribution in [1.29, 1.82) is 0 Å². The molecule has 1 aromatic rings. The number of aryl methyl sites for hydroxylation is 1. The van der Waals surface area contributed by atoms with E-state index in [1.54, 1.807) is 6.92 Å². The van der Waals surface area contributed by atoms with E-state index in [-0.39, 0.29) is 18.6 Å². The first kappa shape index (κ1) is 14.7. The number of nitrogens with one attached hydrogen (secondary N) is 1. The lowest BCUT2D eigenvalue weighted by molar-refractivity contribution is -0.122. The fraction of sp³-hybridized carbons (Fsp3) is 0.533. The van der Waals surface area contributed by atoms with E-state index in [9.17, 15) is 4.79 Å². The molecule has 0 aromatic heterocycles. The Bertz CT molecular complexity index is 461. The minimum atomic E-state index is -0.184. The number of carbonyl (C=O) groups excluding carboxylic acids is 1. The second-order valence-corrected chi connectivity index (χ2v) is 4.98. The van der Waals surface area contributed by atoms with Crippen molar-refractivity contribution in [2.75, 3.05) is 19.8 Å². The van der Waals surface area contributed by atoms with Gasteiger partial charge in [-0.05, 0) is 37.5 Å². The fourth-order valence-electron chi connectivity index (χ4n) is 2.09. The first-order valence-corrected chi connectivity index (χ1v) is 6.98. The zero-order valence-electron chi connectivity index (χ0n) is 11.7. The highest BCUT2D eigenvalue weighted by atomic mass is 16.6. The summed E-state index contributed by atoms with van der Waals surface area (Å²) >= 11 is 0. The number of fused-ring (bicyclic) bond motifs is 1. The molecule has 0 bridgehead atoms. The molecule has 20 heavy (non-hydrogen) atoms. The second kappa shape index (κ2) is 7.14. The van der Waals surface area contributed by atoms with Crippen molar-refractivity contribution in [1.82, 2.24) is 5.32 Å². The highest BCUT2D eigenvalue weighted by Crippen LogP contribution is 2.31. The van der Waals surface area contributed by atoms with Gasteiger partial charge in [-0.25, -0.2) is 0 Å². The van der Waals surface area contributed by atoms with Crippen molar-refractivity contribution in [2.45, 2.75) is 32.2 Å². The van der Waals surface area contributed by atoms with Gasteiger partial charge < -0.3 is 19.9 Å². The Morgan fingerprint density at radius 1 is 1.35 bits per heavy atom. The predicted octanol–water partition coefficient (Wildman–Crippen LogP) is 1.28. The van der Waals surface area contributed by atoms with Gasteiger partial charge in [-0.1, -0.05) is 6.07 Å². The normalized spacial score (nSPS) is 14.7. The van der Waals surface area contributed by atoms with Crippen LogP contribution in [0.3, 0.4) is 0 Å². The van der Waals surface area contributed by atoms with Gasteiger partial charge in [0.15, 0.2) is 11.5 Å². The van der Waals surface area contributed by atoms with Crippen LogP contribution in [0.5, 0.6) is 11.5 Å². The van der Waals surface area contributed by atoms with Crippen molar-refractivity contribution in [3.63, 3.8) is 0 Å². The quantitative estimate of drug-likeness (QED) is 0.823. The first-order chi connectivity index (χ1) is 9.69. The van der Waals surface area contributed by atoms with Crippen LogP contribution in [0.1, 0.15) is 25.3 Å². The molecule has 1 atom stereocenters. The number of benzene rings is 1. The van der Waals surface area contributed by atoms with Gasteiger partial charge in [-0.2, -0.15) is 0 Å². The summed E-state index contributed by atoms with van der Waals surface area (Å²) in [6.45, 7) is 2.92. The molecule has 0 radical (unpaired) electrons. The van der Waals surface area contributed by atoms with Crippen molar-refractivity contribution >= 4 is 5.91 Å². The van der Waals surface area contributed by atoms with Gasteiger partial charge in [0.1, 0.15) is 13.2 Å². The van der Waals surface area contributed by atoms with Crippen LogP contribution in [-0.4, -0.2) is 36.9 Å². The van der Waals surface area contributed by atoms with Crippen LogP contribution in [0.4, 0.5) is 0 Å². The summed E-state index contributed by atoms with van der Waals surface area (Å²) < 4.78 is 11.0. The molecule has 1 aliphatic heterocycles. The second-order valence-electron chi connectivity index (χ2n) is 4.98. The van der Waals surface area contributed by atoms with Gasteiger partial charge >= 0.3 is 0 Å². The van der Waals surface area contributed by atoms with Crippen LogP contribution in [0, 0.1) is 0 Å². The summed E-state index contributed by atoms with van der Waals surface area (Å²) in [5.41, 5.74) is 1.14. The van der Waals surface area contributed by atoms with Crippen LogP contribution in [0.15, 0.2) is 18.2 Å². The van der Waals surface area contributed by atoms with E-state index in [2.05, 4.69) is 5.32 Å². The Balaban J connectivity index is 1.78. The zero-order chi connectivity index (χ0) is 14.4. The maximum Gasteiger partial charge on any atom is 0.220 e. The Hall–Kier alpha value is -1.75. The van der Waals surface area contributed by atoms with Crippen molar-refractivity contribution in [2.24, 2.45) is 0 Å². The number of ether oxygens (including phenoxy) is 2. The lowest BCUT2D eigenvalue weighted by Crippen LogP contribution is -2.34. The topological polar surface area (TPSA) is 67.8 Å². The van der Waals surface area contributed by atoms with Gasteiger partial charge in [0.25, 0.3) is 0 Å². The Morgan fingerprint density at radius 2 is 2.10 bits per heavy atom. The molecule has 1 unspecified atom stereocenters. The standard InChI is InChI=1S/C15H21NO4/c1-11(10-17)16-15(18)4-2-3-12-5-6-13-14(9-12)20-8-7-19-13/h5-6,9,11,17H,2-4,7-8,10H2,1H3,(H,16,18). The summed E-state index contributed by atoms with van der Waals surface area (Å²) in [7, 11) is 0. The van der Waals surface area contributed by atoms with E-state index in [0.717, 1.165) is 29.9 Å². The molecule has 110 valence electrons. The molecule has 1 aromatic carbocycles. The lowest BCUT2D eigenvalue weighted by Gasteiger charge is -2.18. The third-order valence-electron chi connectivity index (χ3n) is 3.16. The highest BCUT2D eigenvalue weighted by Gasteiger charge is 2.12. The molecule has 1 heterocycles. The molecule has 0 aliphatic carbocycles. The van der Waals surface area contributed by atoms with E-state index in [0.29, 0.717) is 19.6 Å². The van der Waals surface area contributed by atoms with Gasteiger partial charge in [-0.3, -0.25) is 4.79 Å². The van der Waals surface area contributed by atoms with E-state index in [1.807, 2.05) is 18.2 Å². The van der Waals surface area contributed by atoms with E-state index >= 15 is 0 Å². The van der Waals surface area contributed by atoms with Gasteiger partial charge in [-0.15, -0.1) is 0 Å². The molecular formula is C15H21NO4. The molecule has 0 spiro atoms. The van der Waals surface area contributed by atoms with Crippen LogP contribution in [0.2, 0.25) is 0 Å². The lowest BCUT2D eigenvalue weighted by atomic mass is 10.1. The van der Waals surface area contributed by atoms with E-state index in [1.165, 1.54) is 0 Å².